The van der Waals surface area contributed by atoms with E-state index in [2.05, 4.69) is 38.2 Å². The molecule has 8 atom stereocenters. The Hall–Kier alpha value is -1.67. The van der Waals surface area contributed by atoms with Gasteiger partial charge in [-0.3, -0.25) is 18.6 Å². The largest absolute Gasteiger partial charge is 0.472 e. The van der Waals surface area contributed by atoms with Crippen LogP contribution in [0.25, 0.3) is 0 Å². The number of unbranched alkanes of at least 4 members (excludes halogenated alkanes) is 13. The first-order valence-electron chi connectivity index (χ1n) is 18.6. The van der Waals surface area contributed by atoms with Crippen LogP contribution in [0.3, 0.4) is 0 Å². The molecule has 1 saturated carbocycles. The third-order valence-corrected chi connectivity index (χ3v) is 9.53. The summed E-state index contributed by atoms with van der Waals surface area (Å²) in [5.41, 5.74) is 0. The molecule has 6 N–H and O–H groups in total. The van der Waals surface area contributed by atoms with Gasteiger partial charge in [0.15, 0.2) is 6.10 Å². The number of carbonyl (C=O) groups excluding carboxylic acids is 2. The second kappa shape index (κ2) is 27.9. The van der Waals surface area contributed by atoms with Crippen LogP contribution in [-0.4, -0.2) is 98.3 Å². The van der Waals surface area contributed by atoms with Crippen LogP contribution in [-0.2, 0) is 32.7 Å². The highest BCUT2D eigenvalue weighted by molar-refractivity contribution is 7.47. The van der Waals surface area contributed by atoms with Crippen LogP contribution in [0.4, 0.5) is 0 Å². The van der Waals surface area contributed by atoms with Gasteiger partial charge in [-0.15, -0.1) is 0 Å². The lowest BCUT2D eigenvalue weighted by Crippen LogP contribution is -2.64. The molecule has 0 heterocycles. The molecule has 13 nitrogen and oxygen atoms in total. The third-order valence-electron chi connectivity index (χ3n) is 8.55. The van der Waals surface area contributed by atoms with E-state index >= 15 is 0 Å². The van der Waals surface area contributed by atoms with Crippen molar-refractivity contribution in [2.75, 3.05) is 13.2 Å². The molecule has 0 saturated heterocycles. The second-order valence-corrected chi connectivity index (χ2v) is 14.5. The predicted molar refractivity (Wildman–Crippen MR) is 189 cm³/mol. The summed E-state index contributed by atoms with van der Waals surface area (Å²) < 4.78 is 33.2. The minimum atomic E-state index is -5.10. The van der Waals surface area contributed by atoms with Crippen LogP contribution < -0.4 is 0 Å². The van der Waals surface area contributed by atoms with Crippen LogP contribution in [0, 0.1) is 0 Å². The molecule has 0 aromatic carbocycles. The lowest BCUT2D eigenvalue weighted by molar-refractivity contribution is -0.220. The van der Waals surface area contributed by atoms with Crippen molar-refractivity contribution in [3.05, 3.63) is 24.3 Å². The monoisotopic (exact) mass is 736 g/mol. The Morgan fingerprint density at radius 2 is 1.10 bits per heavy atom. The third kappa shape index (κ3) is 21.0. The van der Waals surface area contributed by atoms with E-state index in [9.17, 15) is 44.6 Å². The number of phosphoric ester groups is 1. The molecule has 1 aliphatic carbocycles. The van der Waals surface area contributed by atoms with Gasteiger partial charge in [-0.2, -0.15) is 0 Å². The average Bonchev–Trinajstić information content (AvgIpc) is 3.09. The Kier molecular flexibility index (Phi) is 25.9. The molecule has 1 fully saturated rings. The first kappa shape index (κ1) is 46.4. The summed E-state index contributed by atoms with van der Waals surface area (Å²) in [6.07, 6.45) is 12.9. The van der Waals surface area contributed by atoms with Gasteiger partial charge in [0.1, 0.15) is 43.2 Å². The molecule has 0 aliphatic heterocycles. The first-order chi connectivity index (χ1) is 23.9. The van der Waals surface area contributed by atoms with E-state index < -0.39 is 75.7 Å². The van der Waals surface area contributed by atoms with E-state index in [1.165, 1.54) is 12.8 Å². The van der Waals surface area contributed by atoms with Crippen molar-refractivity contribution in [1.29, 1.82) is 0 Å². The molecule has 0 bridgehead atoms. The zero-order valence-corrected chi connectivity index (χ0v) is 31.1. The van der Waals surface area contributed by atoms with Crippen molar-refractivity contribution in [2.24, 2.45) is 0 Å². The minimum Gasteiger partial charge on any atom is -0.462 e. The van der Waals surface area contributed by atoms with Gasteiger partial charge in [-0.1, -0.05) is 109 Å². The van der Waals surface area contributed by atoms with Gasteiger partial charge in [-0.25, -0.2) is 4.57 Å². The van der Waals surface area contributed by atoms with Crippen LogP contribution >= 0.6 is 7.82 Å². The molecule has 0 spiro atoms. The zero-order valence-electron chi connectivity index (χ0n) is 30.2. The zero-order chi connectivity index (χ0) is 37.2. The summed E-state index contributed by atoms with van der Waals surface area (Å²) in [7, 11) is -5.10. The molecule has 14 heteroatoms. The Morgan fingerprint density at radius 3 is 1.68 bits per heavy atom. The molecule has 6 unspecified atom stereocenters. The minimum absolute atomic E-state index is 0.0932. The number of phosphoric acid groups is 1. The van der Waals surface area contributed by atoms with E-state index in [0.717, 1.165) is 83.5 Å². The Bertz CT molecular complexity index is 990. The lowest BCUT2D eigenvalue weighted by atomic mass is 9.85. The fraction of sp³-hybridized carbons (Fsp3) is 0.833. The van der Waals surface area contributed by atoms with Crippen LogP contribution in [0.2, 0.25) is 0 Å². The second-order valence-electron chi connectivity index (χ2n) is 13.1. The van der Waals surface area contributed by atoms with Crippen molar-refractivity contribution in [2.45, 2.75) is 179 Å². The van der Waals surface area contributed by atoms with Crippen molar-refractivity contribution < 1.29 is 63.1 Å². The van der Waals surface area contributed by atoms with E-state index in [-0.39, 0.29) is 12.8 Å². The van der Waals surface area contributed by atoms with Crippen molar-refractivity contribution in [3.8, 4) is 0 Å². The summed E-state index contributed by atoms with van der Waals surface area (Å²) in [5, 5.41) is 49.8. The quantitative estimate of drug-likeness (QED) is 0.0249. The number of hydrogen-bond donors (Lipinski definition) is 6. The number of ether oxygens (including phenoxy) is 2. The summed E-state index contributed by atoms with van der Waals surface area (Å²) >= 11 is 0. The SMILES string of the molecule is CCCC/C=C/C/C=C/CCCCCCCC(=O)OC[C@@H](COP(=O)(O)OC1C(O)C(O)C(O)[C@H](O)C1O)OC(=O)CCCCCCCCC. The maximum atomic E-state index is 12.7. The lowest BCUT2D eigenvalue weighted by Gasteiger charge is -2.41. The number of aliphatic hydroxyl groups is 5. The Labute approximate surface area is 298 Å². The van der Waals surface area contributed by atoms with Gasteiger partial charge < -0.3 is 39.9 Å². The Balaban J connectivity index is 2.53. The van der Waals surface area contributed by atoms with E-state index in [0.29, 0.717) is 12.8 Å². The molecule has 0 amide bonds. The molecule has 0 aromatic heterocycles. The summed E-state index contributed by atoms with van der Waals surface area (Å²) in [4.78, 5) is 35.2. The topological polar surface area (TPSA) is 210 Å². The van der Waals surface area contributed by atoms with E-state index in [4.69, 9.17) is 18.5 Å². The number of carbonyl (C=O) groups is 2. The van der Waals surface area contributed by atoms with Crippen molar-refractivity contribution in [1.82, 2.24) is 0 Å². The molecule has 1 rings (SSSR count). The molecule has 0 radical (unpaired) electrons. The van der Waals surface area contributed by atoms with Gasteiger partial charge in [0, 0.05) is 12.8 Å². The highest BCUT2D eigenvalue weighted by atomic mass is 31.2. The van der Waals surface area contributed by atoms with Gasteiger partial charge in [0.05, 0.1) is 6.61 Å². The normalized spacial score (nSPS) is 24.4. The first-order valence-corrected chi connectivity index (χ1v) is 20.1. The number of esters is 2. The fourth-order valence-corrected chi connectivity index (χ4v) is 6.39. The number of aliphatic hydroxyl groups excluding tert-OH is 5. The number of hydrogen-bond acceptors (Lipinski definition) is 12. The van der Waals surface area contributed by atoms with Gasteiger partial charge in [0.25, 0.3) is 0 Å². The highest BCUT2D eigenvalue weighted by Gasteiger charge is 2.51. The smallest absolute Gasteiger partial charge is 0.462 e. The number of allylic oxidation sites excluding steroid dienone is 4. The standard InChI is InChI=1S/C36H65O13P/c1-3-5-7-9-11-12-13-14-15-16-17-19-20-22-24-29(37)46-26-28(48-30(38)25-23-21-18-10-8-6-4-2)27-47-50(44,45)49-36-34(42)32(40)31(39)33(41)35(36)43/h9,11,13-14,28,31-36,39-43H,3-8,10,12,15-27H2,1-2H3,(H,44,45)/b11-9+,14-13+/t28-,31?,32-,33?,34?,35?,36?/m0/s1. The van der Waals surface area contributed by atoms with Crippen molar-refractivity contribution >= 4 is 19.8 Å². The van der Waals surface area contributed by atoms with Gasteiger partial charge in [0.2, 0.25) is 0 Å². The molecular formula is C36H65O13P. The number of rotatable bonds is 29. The van der Waals surface area contributed by atoms with Gasteiger partial charge >= 0.3 is 19.8 Å². The molecule has 50 heavy (non-hydrogen) atoms. The van der Waals surface area contributed by atoms with Gasteiger partial charge in [-0.05, 0) is 38.5 Å². The summed E-state index contributed by atoms with van der Waals surface area (Å²) in [6, 6.07) is 0. The molecular weight excluding hydrogens is 671 g/mol. The van der Waals surface area contributed by atoms with Crippen molar-refractivity contribution in [3.63, 3.8) is 0 Å². The molecule has 1 aliphatic rings. The highest BCUT2D eigenvalue weighted by Crippen LogP contribution is 2.47. The predicted octanol–water partition coefficient (Wildman–Crippen LogP) is 5.33. The summed E-state index contributed by atoms with van der Waals surface area (Å²) in [5.74, 6) is -1.12. The fourth-order valence-electron chi connectivity index (χ4n) is 5.42. The van der Waals surface area contributed by atoms with E-state index in [1.54, 1.807) is 0 Å². The molecule has 292 valence electrons. The maximum absolute atomic E-state index is 12.7. The van der Waals surface area contributed by atoms with Crippen LogP contribution in [0.1, 0.15) is 136 Å². The van der Waals surface area contributed by atoms with Crippen LogP contribution in [0.15, 0.2) is 24.3 Å². The Morgan fingerprint density at radius 1 is 0.620 bits per heavy atom. The van der Waals surface area contributed by atoms with Crippen LogP contribution in [0.5, 0.6) is 0 Å². The van der Waals surface area contributed by atoms with E-state index in [1.807, 2.05) is 0 Å². The summed E-state index contributed by atoms with van der Waals surface area (Å²) in [6.45, 7) is 3.14. The molecule has 0 aromatic rings. The maximum Gasteiger partial charge on any atom is 0.472 e. The average molecular weight is 737 g/mol.